The molecule has 0 bridgehead atoms. The lowest BCUT2D eigenvalue weighted by Gasteiger charge is -2.21. The number of anilines is 2. The van der Waals surface area contributed by atoms with Crippen molar-refractivity contribution >= 4 is 11.5 Å². The average Bonchev–Trinajstić information content (AvgIpc) is 2.46. The number of hydrogen-bond donors (Lipinski definition) is 1. The summed E-state index contributed by atoms with van der Waals surface area (Å²) in [6, 6.07) is 13.3. The van der Waals surface area contributed by atoms with Crippen molar-refractivity contribution in [3.05, 3.63) is 48.2 Å². The predicted octanol–water partition coefficient (Wildman–Crippen LogP) is 2.35. The van der Waals surface area contributed by atoms with Crippen LogP contribution < -0.4 is 9.64 Å². The SMILES string of the molecule is COc1ccccc1N(C)c1cccc(CO)n1. The van der Waals surface area contributed by atoms with E-state index in [4.69, 9.17) is 9.84 Å². The molecule has 18 heavy (non-hydrogen) atoms. The van der Waals surface area contributed by atoms with Crippen molar-refractivity contribution in [3.8, 4) is 5.75 Å². The molecule has 0 atom stereocenters. The summed E-state index contributed by atoms with van der Waals surface area (Å²) in [6.45, 7) is -0.0619. The van der Waals surface area contributed by atoms with Gasteiger partial charge in [-0.05, 0) is 24.3 Å². The van der Waals surface area contributed by atoms with Gasteiger partial charge in [-0.2, -0.15) is 0 Å². The van der Waals surface area contributed by atoms with Crippen molar-refractivity contribution in [2.75, 3.05) is 19.1 Å². The molecule has 4 heteroatoms. The maximum absolute atomic E-state index is 9.11. The lowest BCUT2D eigenvalue weighted by molar-refractivity contribution is 0.277. The fourth-order valence-corrected chi connectivity index (χ4v) is 1.77. The van der Waals surface area contributed by atoms with Crippen LogP contribution in [-0.4, -0.2) is 24.2 Å². The molecule has 1 aromatic carbocycles. The summed E-state index contributed by atoms with van der Waals surface area (Å²) >= 11 is 0. The number of pyridine rings is 1. The number of ether oxygens (including phenoxy) is 1. The van der Waals surface area contributed by atoms with Gasteiger partial charge in [-0.3, -0.25) is 0 Å². The van der Waals surface area contributed by atoms with Crippen LogP contribution in [0.2, 0.25) is 0 Å². The van der Waals surface area contributed by atoms with E-state index >= 15 is 0 Å². The van der Waals surface area contributed by atoms with E-state index in [0.717, 1.165) is 17.3 Å². The normalized spacial score (nSPS) is 10.2. The van der Waals surface area contributed by atoms with Gasteiger partial charge in [-0.1, -0.05) is 18.2 Å². The first-order chi connectivity index (χ1) is 8.76. The van der Waals surface area contributed by atoms with E-state index in [0.29, 0.717) is 5.69 Å². The predicted molar refractivity (Wildman–Crippen MR) is 71.2 cm³/mol. The zero-order chi connectivity index (χ0) is 13.0. The summed E-state index contributed by atoms with van der Waals surface area (Å²) in [5.41, 5.74) is 1.58. The van der Waals surface area contributed by atoms with Crippen molar-refractivity contribution in [2.24, 2.45) is 0 Å². The van der Waals surface area contributed by atoms with Gasteiger partial charge in [0.05, 0.1) is 25.1 Å². The van der Waals surface area contributed by atoms with Crippen molar-refractivity contribution in [1.29, 1.82) is 0 Å². The second-order valence-electron chi connectivity index (χ2n) is 3.88. The molecule has 0 amide bonds. The molecule has 0 saturated carbocycles. The summed E-state index contributed by atoms with van der Waals surface area (Å²) < 4.78 is 5.33. The number of methoxy groups -OCH3 is 1. The molecule has 0 spiro atoms. The number of aliphatic hydroxyl groups excluding tert-OH is 1. The first kappa shape index (κ1) is 12.4. The molecule has 0 aliphatic heterocycles. The van der Waals surface area contributed by atoms with Gasteiger partial charge in [0.2, 0.25) is 0 Å². The van der Waals surface area contributed by atoms with Crippen LogP contribution in [0.25, 0.3) is 0 Å². The van der Waals surface area contributed by atoms with Gasteiger partial charge >= 0.3 is 0 Å². The average molecular weight is 244 g/mol. The van der Waals surface area contributed by atoms with E-state index in [2.05, 4.69) is 4.98 Å². The maximum Gasteiger partial charge on any atom is 0.142 e. The Labute approximate surface area is 106 Å². The highest BCUT2D eigenvalue weighted by Crippen LogP contribution is 2.31. The summed E-state index contributed by atoms with van der Waals surface area (Å²) in [4.78, 5) is 6.29. The lowest BCUT2D eigenvalue weighted by Crippen LogP contribution is -2.12. The second kappa shape index (κ2) is 5.51. The van der Waals surface area contributed by atoms with E-state index in [-0.39, 0.29) is 6.61 Å². The molecule has 0 fully saturated rings. The summed E-state index contributed by atoms with van der Waals surface area (Å²) in [5, 5.41) is 9.11. The molecule has 0 aliphatic carbocycles. The number of hydrogen-bond acceptors (Lipinski definition) is 4. The zero-order valence-corrected chi connectivity index (χ0v) is 10.5. The highest BCUT2D eigenvalue weighted by Gasteiger charge is 2.10. The molecule has 0 saturated heterocycles. The molecule has 4 nitrogen and oxygen atoms in total. The van der Waals surface area contributed by atoms with E-state index in [9.17, 15) is 0 Å². The fourth-order valence-electron chi connectivity index (χ4n) is 1.77. The Hall–Kier alpha value is -2.07. The lowest BCUT2D eigenvalue weighted by atomic mass is 10.2. The van der Waals surface area contributed by atoms with Gasteiger partial charge in [-0.15, -0.1) is 0 Å². The highest BCUT2D eigenvalue weighted by atomic mass is 16.5. The molecule has 0 radical (unpaired) electrons. The van der Waals surface area contributed by atoms with E-state index < -0.39 is 0 Å². The monoisotopic (exact) mass is 244 g/mol. The molecule has 2 rings (SSSR count). The molecule has 2 aromatic rings. The zero-order valence-electron chi connectivity index (χ0n) is 10.5. The Morgan fingerprint density at radius 1 is 1.17 bits per heavy atom. The van der Waals surface area contributed by atoms with Gasteiger partial charge in [-0.25, -0.2) is 4.98 Å². The van der Waals surface area contributed by atoms with Crippen molar-refractivity contribution in [2.45, 2.75) is 6.61 Å². The van der Waals surface area contributed by atoms with Crippen LogP contribution >= 0.6 is 0 Å². The molecule has 1 heterocycles. The Balaban J connectivity index is 2.37. The largest absolute Gasteiger partial charge is 0.495 e. The second-order valence-corrected chi connectivity index (χ2v) is 3.88. The summed E-state index contributed by atoms with van der Waals surface area (Å²) in [6.07, 6.45) is 0. The molecule has 1 aromatic heterocycles. The minimum atomic E-state index is -0.0619. The molecule has 1 N–H and O–H groups in total. The number of benzene rings is 1. The molecular formula is C14H16N2O2. The van der Waals surface area contributed by atoms with Crippen LogP contribution in [0.15, 0.2) is 42.5 Å². The standard InChI is InChI=1S/C14H16N2O2/c1-16(12-7-3-4-8-13(12)18-2)14-9-5-6-11(10-17)15-14/h3-9,17H,10H2,1-2H3. The Morgan fingerprint density at radius 2 is 1.94 bits per heavy atom. The number of para-hydroxylation sites is 2. The third kappa shape index (κ3) is 2.43. The minimum Gasteiger partial charge on any atom is -0.495 e. The van der Waals surface area contributed by atoms with Crippen LogP contribution in [0, 0.1) is 0 Å². The third-order valence-electron chi connectivity index (χ3n) is 2.74. The van der Waals surface area contributed by atoms with E-state index in [1.807, 2.05) is 48.3 Å². The summed E-state index contributed by atoms with van der Waals surface area (Å²) in [7, 11) is 3.56. The van der Waals surface area contributed by atoms with E-state index in [1.54, 1.807) is 13.2 Å². The van der Waals surface area contributed by atoms with Gasteiger partial charge < -0.3 is 14.7 Å². The third-order valence-corrected chi connectivity index (χ3v) is 2.74. The highest BCUT2D eigenvalue weighted by molar-refractivity contribution is 5.66. The van der Waals surface area contributed by atoms with Crippen LogP contribution in [0.3, 0.4) is 0 Å². The summed E-state index contributed by atoms with van der Waals surface area (Å²) in [5.74, 6) is 1.56. The molecular weight excluding hydrogens is 228 g/mol. The Morgan fingerprint density at radius 3 is 2.67 bits per heavy atom. The van der Waals surface area contributed by atoms with Crippen LogP contribution in [-0.2, 0) is 6.61 Å². The van der Waals surface area contributed by atoms with Gasteiger partial charge in [0.1, 0.15) is 11.6 Å². The minimum absolute atomic E-state index is 0.0619. The number of rotatable bonds is 4. The topological polar surface area (TPSA) is 45.6 Å². The van der Waals surface area contributed by atoms with Gasteiger partial charge in [0.25, 0.3) is 0 Å². The smallest absolute Gasteiger partial charge is 0.142 e. The van der Waals surface area contributed by atoms with Crippen LogP contribution in [0.1, 0.15) is 5.69 Å². The first-order valence-electron chi connectivity index (χ1n) is 5.70. The van der Waals surface area contributed by atoms with Crippen molar-refractivity contribution < 1.29 is 9.84 Å². The Kier molecular flexibility index (Phi) is 3.79. The number of aliphatic hydroxyl groups is 1. The maximum atomic E-state index is 9.11. The Bertz CT molecular complexity index is 529. The van der Waals surface area contributed by atoms with Crippen molar-refractivity contribution in [1.82, 2.24) is 4.98 Å². The quantitative estimate of drug-likeness (QED) is 0.896. The molecule has 0 unspecified atom stereocenters. The number of aromatic nitrogens is 1. The fraction of sp³-hybridized carbons (Fsp3) is 0.214. The van der Waals surface area contributed by atoms with Crippen LogP contribution in [0.4, 0.5) is 11.5 Å². The number of nitrogens with zero attached hydrogens (tertiary/aromatic N) is 2. The van der Waals surface area contributed by atoms with Crippen molar-refractivity contribution in [3.63, 3.8) is 0 Å². The molecule has 0 aliphatic rings. The van der Waals surface area contributed by atoms with E-state index in [1.165, 1.54) is 0 Å². The van der Waals surface area contributed by atoms with Gasteiger partial charge in [0.15, 0.2) is 0 Å². The molecule has 94 valence electrons. The van der Waals surface area contributed by atoms with Gasteiger partial charge in [0, 0.05) is 7.05 Å². The first-order valence-corrected chi connectivity index (χ1v) is 5.70. The van der Waals surface area contributed by atoms with Crippen LogP contribution in [0.5, 0.6) is 5.75 Å².